The van der Waals surface area contributed by atoms with Gasteiger partial charge in [0.25, 0.3) is 0 Å². The van der Waals surface area contributed by atoms with E-state index in [-0.39, 0.29) is 11.9 Å². The summed E-state index contributed by atoms with van der Waals surface area (Å²) in [6.07, 6.45) is 2.72. The average Bonchev–Trinajstić information content (AvgIpc) is 2.80. The number of likely N-dealkylation sites (N-methyl/N-ethyl adjacent to an activating group) is 1. The summed E-state index contributed by atoms with van der Waals surface area (Å²) in [6.45, 7) is 2.82. The highest BCUT2D eigenvalue weighted by Crippen LogP contribution is 2.21. The van der Waals surface area contributed by atoms with Gasteiger partial charge in [-0.05, 0) is 25.1 Å². The van der Waals surface area contributed by atoms with Gasteiger partial charge in [-0.3, -0.25) is 4.68 Å². The van der Waals surface area contributed by atoms with Gasteiger partial charge in [-0.2, -0.15) is 5.10 Å². The summed E-state index contributed by atoms with van der Waals surface area (Å²) in [4.78, 5) is 4.21. The van der Waals surface area contributed by atoms with Gasteiger partial charge in [0, 0.05) is 30.1 Å². The van der Waals surface area contributed by atoms with E-state index in [1.807, 2.05) is 14.0 Å². The molecule has 0 bridgehead atoms. The van der Waals surface area contributed by atoms with Crippen LogP contribution in [0.25, 0.3) is 0 Å². The fourth-order valence-electron chi connectivity index (χ4n) is 2.20. The van der Waals surface area contributed by atoms with Crippen LogP contribution in [-0.4, -0.2) is 27.4 Å². The Bertz CT molecular complexity index is 550. The topological polar surface area (TPSA) is 42.7 Å². The summed E-state index contributed by atoms with van der Waals surface area (Å²) >= 11 is 6.09. The van der Waals surface area contributed by atoms with Gasteiger partial charge in [-0.1, -0.05) is 24.6 Å². The van der Waals surface area contributed by atoms with Crippen LogP contribution in [0.3, 0.4) is 0 Å². The van der Waals surface area contributed by atoms with Gasteiger partial charge in [0.15, 0.2) is 0 Å². The van der Waals surface area contributed by atoms with Crippen LogP contribution in [-0.2, 0) is 19.9 Å². The number of aromatic nitrogens is 3. The van der Waals surface area contributed by atoms with Crippen LogP contribution in [0.5, 0.6) is 0 Å². The Kier molecular flexibility index (Phi) is 5.09. The van der Waals surface area contributed by atoms with Gasteiger partial charge >= 0.3 is 0 Å². The molecule has 6 heteroatoms. The van der Waals surface area contributed by atoms with Gasteiger partial charge < -0.3 is 5.32 Å². The molecule has 0 saturated carbocycles. The van der Waals surface area contributed by atoms with E-state index in [1.54, 1.807) is 16.8 Å². The number of halogens is 2. The van der Waals surface area contributed by atoms with E-state index in [1.165, 1.54) is 12.4 Å². The van der Waals surface area contributed by atoms with Gasteiger partial charge in [-0.25, -0.2) is 9.37 Å². The van der Waals surface area contributed by atoms with Crippen LogP contribution in [0.1, 0.15) is 18.3 Å². The molecule has 2 aromatic rings. The zero-order chi connectivity index (χ0) is 14.5. The van der Waals surface area contributed by atoms with Gasteiger partial charge in [0.05, 0.1) is 0 Å². The summed E-state index contributed by atoms with van der Waals surface area (Å²) in [5, 5.41) is 7.86. The lowest BCUT2D eigenvalue weighted by atomic mass is 10.0. The standard InChI is InChI=1S/C14H18ClFN4/c1-3-17-10(8-14-18-9-19-20(14)2)7-11-12(15)5-4-6-13(11)16/h4-6,9-10,17H,3,7-8H2,1-2H3. The Balaban J connectivity index is 2.15. The first-order valence-electron chi connectivity index (χ1n) is 6.61. The van der Waals surface area contributed by atoms with E-state index < -0.39 is 0 Å². The maximum absolute atomic E-state index is 13.9. The average molecular weight is 297 g/mol. The van der Waals surface area contributed by atoms with Crippen molar-refractivity contribution in [3.8, 4) is 0 Å². The fourth-order valence-corrected chi connectivity index (χ4v) is 2.44. The van der Waals surface area contributed by atoms with E-state index in [0.29, 0.717) is 23.4 Å². The van der Waals surface area contributed by atoms with Crippen molar-refractivity contribution < 1.29 is 4.39 Å². The first-order chi connectivity index (χ1) is 9.61. The summed E-state index contributed by atoms with van der Waals surface area (Å²) in [5.74, 6) is 0.599. The number of rotatable bonds is 6. The molecule has 1 unspecified atom stereocenters. The predicted molar refractivity (Wildman–Crippen MR) is 77.3 cm³/mol. The van der Waals surface area contributed by atoms with E-state index in [4.69, 9.17) is 11.6 Å². The number of nitrogens with one attached hydrogen (secondary N) is 1. The lowest BCUT2D eigenvalue weighted by Crippen LogP contribution is -2.34. The molecule has 1 N–H and O–H groups in total. The number of aryl methyl sites for hydroxylation is 1. The second-order valence-electron chi connectivity index (χ2n) is 4.66. The van der Waals surface area contributed by atoms with Crippen LogP contribution in [0.4, 0.5) is 4.39 Å². The molecule has 0 amide bonds. The number of hydrogen-bond acceptors (Lipinski definition) is 3. The van der Waals surface area contributed by atoms with E-state index in [2.05, 4.69) is 15.4 Å². The fraction of sp³-hybridized carbons (Fsp3) is 0.429. The second kappa shape index (κ2) is 6.81. The highest BCUT2D eigenvalue weighted by molar-refractivity contribution is 6.31. The van der Waals surface area contributed by atoms with Crippen molar-refractivity contribution in [3.05, 3.63) is 46.8 Å². The minimum absolute atomic E-state index is 0.0669. The lowest BCUT2D eigenvalue weighted by molar-refractivity contribution is 0.487. The first-order valence-corrected chi connectivity index (χ1v) is 6.98. The van der Waals surface area contributed by atoms with E-state index in [0.717, 1.165) is 12.4 Å². The zero-order valence-corrected chi connectivity index (χ0v) is 12.4. The third-order valence-corrected chi connectivity index (χ3v) is 3.59. The Morgan fingerprint density at radius 2 is 2.20 bits per heavy atom. The maximum atomic E-state index is 13.9. The molecule has 4 nitrogen and oxygen atoms in total. The quantitative estimate of drug-likeness (QED) is 0.890. The monoisotopic (exact) mass is 296 g/mol. The number of benzene rings is 1. The first kappa shape index (κ1) is 14.9. The van der Waals surface area contributed by atoms with Crippen molar-refractivity contribution in [2.45, 2.75) is 25.8 Å². The molecule has 2 rings (SSSR count). The highest BCUT2D eigenvalue weighted by Gasteiger charge is 2.16. The van der Waals surface area contributed by atoms with Gasteiger partial charge in [0.1, 0.15) is 18.0 Å². The summed E-state index contributed by atoms with van der Waals surface area (Å²) in [6, 6.07) is 4.83. The third-order valence-electron chi connectivity index (χ3n) is 3.24. The second-order valence-corrected chi connectivity index (χ2v) is 5.07. The van der Waals surface area contributed by atoms with Crippen LogP contribution >= 0.6 is 11.6 Å². The summed E-state index contributed by atoms with van der Waals surface area (Å²) < 4.78 is 15.6. The molecule has 1 atom stereocenters. The van der Waals surface area contributed by atoms with Crippen LogP contribution in [0.2, 0.25) is 5.02 Å². The minimum Gasteiger partial charge on any atom is -0.313 e. The summed E-state index contributed by atoms with van der Waals surface area (Å²) in [7, 11) is 1.85. The molecule has 1 heterocycles. The molecule has 0 fully saturated rings. The number of nitrogens with zero attached hydrogens (tertiary/aromatic N) is 3. The van der Waals surface area contributed by atoms with Gasteiger partial charge in [0.2, 0.25) is 0 Å². The molecule has 1 aromatic heterocycles. The SMILES string of the molecule is CCNC(Cc1c(F)cccc1Cl)Cc1ncnn1C. The summed E-state index contributed by atoms with van der Waals surface area (Å²) in [5.41, 5.74) is 0.544. The Hall–Kier alpha value is -1.46. The van der Waals surface area contributed by atoms with Crippen molar-refractivity contribution in [1.82, 2.24) is 20.1 Å². The third kappa shape index (κ3) is 3.55. The van der Waals surface area contributed by atoms with Crippen molar-refractivity contribution in [2.24, 2.45) is 7.05 Å². The molecule has 1 aromatic carbocycles. The van der Waals surface area contributed by atoms with Crippen molar-refractivity contribution in [3.63, 3.8) is 0 Å². The van der Waals surface area contributed by atoms with Crippen LogP contribution < -0.4 is 5.32 Å². The minimum atomic E-state index is -0.265. The predicted octanol–water partition coefficient (Wildman–Crippen LogP) is 2.37. The maximum Gasteiger partial charge on any atom is 0.138 e. The molecule has 0 radical (unpaired) electrons. The molecular weight excluding hydrogens is 279 g/mol. The highest BCUT2D eigenvalue weighted by atomic mass is 35.5. The van der Waals surface area contributed by atoms with Crippen molar-refractivity contribution in [2.75, 3.05) is 6.54 Å². The largest absolute Gasteiger partial charge is 0.313 e. The Morgan fingerprint density at radius 1 is 1.40 bits per heavy atom. The molecule has 0 aliphatic rings. The van der Waals surface area contributed by atoms with Crippen molar-refractivity contribution in [1.29, 1.82) is 0 Å². The molecule has 0 saturated heterocycles. The van der Waals surface area contributed by atoms with Crippen LogP contribution in [0, 0.1) is 5.82 Å². The lowest BCUT2D eigenvalue weighted by Gasteiger charge is -2.18. The molecular formula is C14H18ClFN4. The molecule has 0 aliphatic carbocycles. The van der Waals surface area contributed by atoms with E-state index in [9.17, 15) is 4.39 Å². The zero-order valence-electron chi connectivity index (χ0n) is 11.6. The van der Waals surface area contributed by atoms with Crippen LogP contribution in [0.15, 0.2) is 24.5 Å². The van der Waals surface area contributed by atoms with E-state index >= 15 is 0 Å². The Morgan fingerprint density at radius 3 is 2.80 bits per heavy atom. The number of hydrogen-bond donors (Lipinski definition) is 1. The smallest absolute Gasteiger partial charge is 0.138 e. The molecule has 0 spiro atoms. The normalized spacial score (nSPS) is 12.6. The molecule has 20 heavy (non-hydrogen) atoms. The molecule has 0 aliphatic heterocycles. The Labute approximate surface area is 123 Å². The van der Waals surface area contributed by atoms with Gasteiger partial charge in [-0.15, -0.1) is 0 Å². The van der Waals surface area contributed by atoms with Crippen molar-refractivity contribution >= 4 is 11.6 Å². The molecule has 108 valence electrons.